The topological polar surface area (TPSA) is 57.5 Å². The van der Waals surface area contributed by atoms with Gasteiger partial charge in [0.15, 0.2) is 0 Å². The molecule has 3 heterocycles. The van der Waals surface area contributed by atoms with E-state index in [1.165, 1.54) is 17.8 Å². The number of benzene rings is 2. The number of nitrogens with zero attached hydrogens (tertiary/aromatic N) is 3. The highest BCUT2D eigenvalue weighted by Crippen LogP contribution is 2.34. The second-order valence-electron chi connectivity index (χ2n) is 8.69. The number of halogens is 1. The highest BCUT2D eigenvalue weighted by molar-refractivity contribution is 8.06. The SMILES string of the molecule is C=C1S/C=C\CO/N=C\1c1cccc(OCC(O)CN2CCN(c3csc4cc(F)ccc34)CC2)c1. The summed E-state index contributed by atoms with van der Waals surface area (Å²) in [5.41, 5.74) is 2.70. The molecular formula is C27H28FN3O3S2. The Morgan fingerprint density at radius 3 is 2.89 bits per heavy atom. The van der Waals surface area contributed by atoms with Gasteiger partial charge in [-0.05, 0) is 41.8 Å². The molecule has 3 aromatic rings. The highest BCUT2D eigenvalue weighted by Gasteiger charge is 2.22. The zero-order valence-corrected chi connectivity index (χ0v) is 21.4. The Kier molecular flexibility index (Phi) is 7.91. The minimum atomic E-state index is -0.608. The smallest absolute Gasteiger partial charge is 0.136 e. The van der Waals surface area contributed by atoms with Gasteiger partial charge in [0, 0.05) is 58.7 Å². The highest BCUT2D eigenvalue weighted by atomic mass is 32.2. The second kappa shape index (κ2) is 11.5. The normalized spacial score (nSPS) is 20.2. The molecule has 2 aromatic carbocycles. The van der Waals surface area contributed by atoms with Crippen molar-refractivity contribution in [2.24, 2.45) is 5.16 Å². The van der Waals surface area contributed by atoms with Crippen molar-refractivity contribution in [2.45, 2.75) is 6.10 Å². The summed E-state index contributed by atoms with van der Waals surface area (Å²) in [6.45, 7) is 8.66. The number of thiophene rings is 1. The number of piperazine rings is 1. The van der Waals surface area contributed by atoms with Crippen LogP contribution in [0.15, 0.2) is 76.0 Å². The molecule has 0 bridgehead atoms. The summed E-state index contributed by atoms with van der Waals surface area (Å²) in [4.78, 5) is 10.7. The molecule has 36 heavy (non-hydrogen) atoms. The van der Waals surface area contributed by atoms with E-state index in [0.29, 0.717) is 24.6 Å². The van der Waals surface area contributed by atoms with Crippen LogP contribution in [0, 0.1) is 5.82 Å². The van der Waals surface area contributed by atoms with Crippen molar-refractivity contribution in [3.05, 3.63) is 82.2 Å². The van der Waals surface area contributed by atoms with Crippen LogP contribution in [0.2, 0.25) is 0 Å². The monoisotopic (exact) mass is 525 g/mol. The van der Waals surface area contributed by atoms with Gasteiger partial charge in [0.25, 0.3) is 0 Å². The molecule has 0 saturated carbocycles. The molecule has 2 aliphatic heterocycles. The summed E-state index contributed by atoms with van der Waals surface area (Å²) in [6.07, 6.45) is 1.28. The summed E-state index contributed by atoms with van der Waals surface area (Å²) >= 11 is 3.08. The Morgan fingerprint density at radius 1 is 1.17 bits per heavy atom. The predicted molar refractivity (Wildman–Crippen MR) is 147 cm³/mol. The fraction of sp³-hybridized carbons (Fsp3) is 0.296. The summed E-state index contributed by atoms with van der Waals surface area (Å²) in [5.74, 6) is 0.461. The lowest BCUT2D eigenvalue weighted by atomic mass is 10.1. The lowest BCUT2D eigenvalue weighted by molar-refractivity contribution is 0.0663. The van der Waals surface area contributed by atoms with Crippen LogP contribution in [0.4, 0.5) is 10.1 Å². The first kappa shape index (κ1) is 24.8. The lowest BCUT2D eigenvalue weighted by Crippen LogP contribution is -2.49. The quantitative estimate of drug-likeness (QED) is 0.463. The number of thioether (sulfide) groups is 1. The minimum absolute atomic E-state index is 0.200. The Labute approximate surface area is 218 Å². The van der Waals surface area contributed by atoms with Crippen molar-refractivity contribution in [3.63, 3.8) is 0 Å². The van der Waals surface area contributed by atoms with E-state index >= 15 is 0 Å². The van der Waals surface area contributed by atoms with Crippen LogP contribution in [-0.2, 0) is 4.84 Å². The molecule has 5 rings (SSSR count). The van der Waals surface area contributed by atoms with Crippen molar-refractivity contribution in [1.82, 2.24) is 4.90 Å². The number of fused-ring (bicyclic) bond motifs is 1. The first-order valence-electron chi connectivity index (χ1n) is 11.8. The average molecular weight is 526 g/mol. The number of ether oxygens (including phenoxy) is 1. The second-order valence-corrected chi connectivity index (χ2v) is 10.6. The maximum absolute atomic E-state index is 13.5. The van der Waals surface area contributed by atoms with Gasteiger partial charge < -0.3 is 19.6 Å². The Hall–Kier alpha value is -2.85. The standard InChI is InChI=1S/C27H28FN3O3S2/c1-19-27(29-34-12-3-13-35-19)20-4-2-5-23(14-20)33-17-22(32)16-30-8-10-31(11-9-30)25-18-36-26-15-21(28)6-7-24(25)26/h2-7,13-15,18,22,32H,1,8-12,16-17H2/b13-3-,29-27+. The van der Waals surface area contributed by atoms with Crippen LogP contribution in [0.25, 0.3) is 10.1 Å². The molecule has 6 nitrogen and oxygen atoms in total. The van der Waals surface area contributed by atoms with Gasteiger partial charge in [0.2, 0.25) is 0 Å². The van der Waals surface area contributed by atoms with Crippen LogP contribution in [0.1, 0.15) is 5.56 Å². The van der Waals surface area contributed by atoms with Gasteiger partial charge in [-0.1, -0.05) is 35.6 Å². The summed E-state index contributed by atoms with van der Waals surface area (Å²) in [5, 5.41) is 20.0. The van der Waals surface area contributed by atoms with Crippen molar-refractivity contribution in [3.8, 4) is 5.75 Å². The molecule has 1 N–H and O–H groups in total. The minimum Gasteiger partial charge on any atom is -0.491 e. The van der Waals surface area contributed by atoms with Crippen molar-refractivity contribution < 1.29 is 19.1 Å². The van der Waals surface area contributed by atoms with Gasteiger partial charge in [0.1, 0.15) is 36.6 Å². The van der Waals surface area contributed by atoms with Crippen LogP contribution < -0.4 is 9.64 Å². The van der Waals surface area contributed by atoms with Gasteiger partial charge in [-0.3, -0.25) is 4.90 Å². The number of oxime groups is 1. The van der Waals surface area contributed by atoms with E-state index in [1.54, 1.807) is 17.4 Å². The molecule has 0 amide bonds. The van der Waals surface area contributed by atoms with Crippen molar-refractivity contribution in [1.29, 1.82) is 0 Å². The van der Waals surface area contributed by atoms with Crippen molar-refractivity contribution in [2.75, 3.05) is 50.8 Å². The maximum atomic E-state index is 13.5. The largest absolute Gasteiger partial charge is 0.491 e. The number of allylic oxidation sites excluding steroid dienone is 1. The molecule has 0 spiro atoms. The first-order chi connectivity index (χ1) is 17.6. The van der Waals surface area contributed by atoms with Crippen LogP contribution >= 0.6 is 23.1 Å². The fourth-order valence-corrected chi connectivity index (χ4v) is 5.92. The molecule has 2 aliphatic rings. The van der Waals surface area contributed by atoms with Crippen LogP contribution in [0.5, 0.6) is 5.75 Å². The Balaban J connectivity index is 1.12. The average Bonchev–Trinajstić information content (AvgIpc) is 3.29. The summed E-state index contributed by atoms with van der Waals surface area (Å²) in [6, 6.07) is 12.6. The van der Waals surface area contributed by atoms with E-state index in [2.05, 4.69) is 26.9 Å². The number of aliphatic hydroxyl groups excluding tert-OH is 1. The number of hydrogen-bond acceptors (Lipinski definition) is 8. The number of β-amino-alcohol motifs (C(OH)–C–C–N with tert-alkyl or cyclic N) is 1. The summed E-state index contributed by atoms with van der Waals surface area (Å²) in [7, 11) is 0. The summed E-state index contributed by atoms with van der Waals surface area (Å²) < 4.78 is 20.4. The van der Waals surface area contributed by atoms with Crippen LogP contribution in [0.3, 0.4) is 0 Å². The van der Waals surface area contributed by atoms with Gasteiger partial charge in [-0.2, -0.15) is 0 Å². The molecule has 0 aliphatic carbocycles. The molecule has 1 unspecified atom stereocenters. The van der Waals surface area contributed by atoms with Crippen molar-refractivity contribution >= 4 is 44.6 Å². The van der Waals surface area contributed by atoms with Gasteiger partial charge in [-0.15, -0.1) is 11.3 Å². The molecule has 9 heteroatoms. The van der Waals surface area contributed by atoms with Gasteiger partial charge in [-0.25, -0.2) is 4.39 Å². The lowest BCUT2D eigenvalue weighted by Gasteiger charge is -2.36. The molecule has 1 fully saturated rings. The van der Waals surface area contributed by atoms with E-state index in [1.807, 2.05) is 41.8 Å². The predicted octanol–water partition coefficient (Wildman–Crippen LogP) is 5.10. The number of aliphatic hydroxyl groups is 1. The Bertz CT molecular complexity index is 1280. The van der Waals surface area contributed by atoms with Gasteiger partial charge >= 0.3 is 0 Å². The third-order valence-electron chi connectivity index (χ3n) is 6.15. The molecular weight excluding hydrogens is 497 g/mol. The number of anilines is 1. The van der Waals surface area contributed by atoms with Crippen LogP contribution in [-0.4, -0.2) is 67.8 Å². The van der Waals surface area contributed by atoms with E-state index < -0.39 is 6.10 Å². The van der Waals surface area contributed by atoms with E-state index in [0.717, 1.165) is 52.4 Å². The van der Waals surface area contributed by atoms with Gasteiger partial charge in [0.05, 0.1) is 5.69 Å². The number of rotatable bonds is 7. The van der Waals surface area contributed by atoms with E-state index in [9.17, 15) is 9.50 Å². The zero-order chi connectivity index (χ0) is 24.9. The molecule has 1 aromatic heterocycles. The molecule has 1 atom stereocenters. The fourth-order valence-electron chi connectivity index (χ4n) is 4.32. The third-order valence-corrected chi connectivity index (χ3v) is 7.89. The third kappa shape index (κ3) is 5.92. The molecule has 1 saturated heterocycles. The van der Waals surface area contributed by atoms with E-state index in [-0.39, 0.29) is 12.4 Å². The maximum Gasteiger partial charge on any atom is 0.136 e. The molecule has 0 radical (unpaired) electrons. The Morgan fingerprint density at radius 2 is 2.03 bits per heavy atom. The number of hydrogen-bond donors (Lipinski definition) is 1. The zero-order valence-electron chi connectivity index (χ0n) is 19.8. The first-order valence-corrected chi connectivity index (χ1v) is 13.6. The van der Waals surface area contributed by atoms with E-state index in [4.69, 9.17) is 9.57 Å². The molecule has 188 valence electrons.